The van der Waals surface area contributed by atoms with Crippen LogP contribution in [0.5, 0.6) is 0 Å². The number of nitrogens with two attached hydrogens (primary N) is 1. The summed E-state index contributed by atoms with van der Waals surface area (Å²) in [6.07, 6.45) is 0. The summed E-state index contributed by atoms with van der Waals surface area (Å²) < 4.78 is 14.9. The topological polar surface area (TPSA) is 69.6 Å². The number of tetrazole rings is 1. The van der Waals surface area contributed by atoms with Crippen LogP contribution in [0.25, 0.3) is 17.1 Å². The van der Waals surface area contributed by atoms with E-state index in [1.807, 2.05) is 18.2 Å². The second kappa shape index (κ2) is 4.73. The molecule has 0 spiro atoms. The maximum absolute atomic E-state index is 13.3. The zero-order valence-corrected chi connectivity index (χ0v) is 10.8. The molecule has 0 amide bonds. The first kappa shape index (κ1) is 12.3. The molecule has 1 aromatic heterocycles. The molecule has 3 rings (SSSR count). The Labute approximate surface area is 114 Å². The second-order valence-corrected chi connectivity index (χ2v) is 4.44. The van der Waals surface area contributed by atoms with E-state index in [2.05, 4.69) is 15.5 Å². The van der Waals surface area contributed by atoms with Crippen molar-refractivity contribution in [3.05, 3.63) is 53.8 Å². The van der Waals surface area contributed by atoms with E-state index < -0.39 is 0 Å². The zero-order valence-electron chi connectivity index (χ0n) is 10.8. The van der Waals surface area contributed by atoms with Crippen LogP contribution < -0.4 is 5.73 Å². The lowest BCUT2D eigenvalue weighted by molar-refractivity contribution is 0.617. The van der Waals surface area contributed by atoms with Crippen LogP contribution in [0.1, 0.15) is 5.56 Å². The lowest BCUT2D eigenvalue weighted by atomic mass is 10.1. The van der Waals surface area contributed by atoms with Gasteiger partial charge < -0.3 is 5.73 Å². The molecule has 0 aliphatic carbocycles. The number of halogens is 1. The third kappa shape index (κ3) is 2.01. The molecule has 20 heavy (non-hydrogen) atoms. The van der Waals surface area contributed by atoms with Crippen LogP contribution in [0.4, 0.5) is 10.1 Å². The highest BCUT2D eigenvalue weighted by molar-refractivity contribution is 5.72. The van der Waals surface area contributed by atoms with Crippen molar-refractivity contribution < 1.29 is 4.39 Å². The fourth-order valence-electron chi connectivity index (χ4n) is 1.99. The predicted octanol–water partition coefficient (Wildman–Crippen LogP) is 2.36. The standard InChI is InChI=1S/C14H12FN5/c1-9-8-10(6-7-12(9)15)20-14(17-18-19-20)11-4-2-3-5-13(11)16/h2-8H,16H2,1H3. The first-order valence-corrected chi connectivity index (χ1v) is 6.06. The maximum Gasteiger partial charge on any atom is 0.189 e. The Hall–Kier alpha value is -2.76. The molecule has 0 saturated heterocycles. The van der Waals surface area contributed by atoms with Crippen molar-refractivity contribution in [3.8, 4) is 17.1 Å². The Kier molecular flexibility index (Phi) is 2.90. The fraction of sp³-hybridized carbons (Fsp3) is 0.0714. The second-order valence-electron chi connectivity index (χ2n) is 4.44. The molecule has 5 nitrogen and oxygen atoms in total. The van der Waals surface area contributed by atoms with Gasteiger partial charge in [0.25, 0.3) is 0 Å². The van der Waals surface area contributed by atoms with Gasteiger partial charge in [-0.05, 0) is 53.2 Å². The monoisotopic (exact) mass is 269 g/mol. The number of anilines is 1. The summed E-state index contributed by atoms with van der Waals surface area (Å²) in [6.45, 7) is 1.69. The van der Waals surface area contributed by atoms with Gasteiger partial charge >= 0.3 is 0 Å². The number of rotatable bonds is 2. The van der Waals surface area contributed by atoms with Crippen LogP contribution in [0, 0.1) is 12.7 Å². The number of hydrogen-bond acceptors (Lipinski definition) is 4. The van der Waals surface area contributed by atoms with Crippen molar-refractivity contribution in [1.29, 1.82) is 0 Å². The molecule has 6 heteroatoms. The van der Waals surface area contributed by atoms with Gasteiger partial charge in [0, 0.05) is 11.3 Å². The number of nitrogens with zero attached hydrogens (tertiary/aromatic N) is 4. The SMILES string of the molecule is Cc1cc(-n2nnnc2-c2ccccc2N)ccc1F. The Morgan fingerprint density at radius 2 is 1.95 bits per heavy atom. The highest BCUT2D eigenvalue weighted by Crippen LogP contribution is 2.25. The number of hydrogen-bond donors (Lipinski definition) is 1. The summed E-state index contributed by atoms with van der Waals surface area (Å²) in [5.41, 5.74) is 8.48. The minimum atomic E-state index is -0.261. The molecule has 1 heterocycles. The van der Waals surface area contributed by atoms with E-state index in [0.29, 0.717) is 22.8 Å². The van der Waals surface area contributed by atoms with Gasteiger partial charge in [-0.1, -0.05) is 12.1 Å². The minimum Gasteiger partial charge on any atom is -0.398 e. The van der Waals surface area contributed by atoms with Crippen molar-refractivity contribution >= 4 is 5.69 Å². The Balaban J connectivity index is 2.15. The molecule has 3 aromatic rings. The smallest absolute Gasteiger partial charge is 0.189 e. The minimum absolute atomic E-state index is 0.261. The molecule has 0 unspecified atom stereocenters. The van der Waals surface area contributed by atoms with Crippen LogP contribution in [0.15, 0.2) is 42.5 Å². The van der Waals surface area contributed by atoms with Crippen molar-refractivity contribution in [2.75, 3.05) is 5.73 Å². The van der Waals surface area contributed by atoms with E-state index in [-0.39, 0.29) is 5.82 Å². The lowest BCUT2D eigenvalue weighted by Gasteiger charge is -2.07. The van der Waals surface area contributed by atoms with Gasteiger partial charge in [0.15, 0.2) is 5.82 Å². The van der Waals surface area contributed by atoms with E-state index in [0.717, 1.165) is 5.56 Å². The predicted molar refractivity (Wildman–Crippen MR) is 73.7 cm³/mol. The number of benzene rings is 2. The average molecular weight is 269 g/mol. The van der Waals surface area contributed by atoms with Crippen molar-refractivity contribution in [1.82, 2.24) is 20.2 Å². The van der Waals surface area contributed by atoms with Crippen LogP contribution in [-0.2, 0) is 0 Å². The normalized spacial score (nSPS) is 10.7. The Morgan fingerprint density at radius 3 is 2.70 bits per heavy atom. The Morgan fingerprint density at radius 1 is 1.15 bits per heavy atom. The Bertz CT molecular complexity index is 766. The molecule has 0 bridgehead atoms. The third-order valence-corrected chi connectivity index (χ3v) is 3.06. The summed E-state index contributed by atoms with van der Waals surface area (Å²) in [5, 5.41) is 11.6. The molecule has 2 aromatic carbocycles. The average Bonchev–Trinajstić information content (AvgIpc) is 2.91. The molecule has 100 valence electrons. The molecular formula is C14H12FN5. The van der Waals surface area contributed by atoms with E-state index in [4.69, 9.17) is 5.73 Å². The van der Waals surface area contributed by atoms with Crippen LogP contribution in [0.3, 0.4) is 0 Å². The summed E-state index contributed by atoms with van der Waals surface area (Å²) in [5.74, 6) is 0.261. The van der Waals surface area contributed by atoms with Gasteiger partial charge in [0.2, 0.25) is 0 Å². The van der Waals surface area contributed by atoms with E-state index in [1.54, 1.807) is 25.1 Å². The van der Waals surface area contributed by atoms with Gasteiger partial charge in [0.05, 0.1) is 5.69 Å². The van der Waals surface area contributed by atoms with Crippen molar-refractivity contribution in [3.63, 3.8) is 0 Å². The molecule has 0 radical (unpaired) electrons. The van der Waals surface area contributed by atoms with Crippen LogP contribution >= 0.6 is 0 Å². The van der Waals surface area contributed by atoms with Gasteiger partial charge in [-0.2, -0.15) is 4.68 Å². The third-order valence-electron chi connectivity index (χ3n) is 3.06. The number of aromatic nitrogens is 4. The summed E-state index contributed by atoms with van der Waals surface area (Å²) >= 11 is 0. The molecule has 0 atom stereocenters. The first-order valence-electron chi connectivity index (χ1n) is 6.06. The highest BCUT2D eigenvalue weighted by Gasteiger charge is 2.13. The maximum atomic E-state index is 13.3. The zero-order chi connectivity index (χ0) is 14.1. The van der Waals surface area contributed by atoms with Crippen molar-refractivity contribution in [2.24, 2.45) is 0 Å². The molecule has 0 saturated carbocycles. The molecule has 0 aliphatic heterocycles. The van der Waals surface area contributed by atoms with Crippen molar-refractivity contribution in [2.45, 2.75) is 6.92 Å². The van der Waals surface area contributed by atoms with E-state index >= 15 is 0 Å². The van der Waals surface area contributed by atoms with Gasteiger partial charge in [0.1, 0.15) is 5.82 Å². The van der Waals surface area contributed by atoms with Gasteiger partial charge in [-0.15, -0.1) is 5.10 Å². The van der Waals surface area contributed by atoms with Crippen LogP contribution in [0.2, 0.25) is 0 Å². The number of para-hydroxylation sites is 1. The molecule has 2 N–H and O–H groups in total. The number of nitrogen functional groups attached to an aromatic ring is 1. The quantitative estimate of drug-likeness (QED) is 0.725. The lowest BCUT2D eigenvalue weighted by Crippen LogP contribution is -2.02. The molecule has 0 aliphatic rings. The largest absolute Gasteiger partial charge is 0.398 e. The van der Waals surface area contributed by atoms with E-state index in [9.17, 15) is 4.39 Å². The molecular weight excluding hydrogens is 257 g/mol. The van der Waals surface area contributed by atoms with Gasteiger partial charge in [-0.25, -0.2) is 4.39 Å². The van der Waals surface area contributed by atoms with Crippen LogP contribution in [-0.4, -0.2) is 20.2 Å². The first-order chi connectivity index (χ1) is 9.66. The van der Waals surface area contributed by atoms with Gasteiger partial charge in [-0.3, -0.25) is 0 Å². The highest BCUT2D eigenvalue weighted by atomic mass is 19.1. The summed E-state index contributed by atoms with van der Waals surface area (Å²) in [4.78, 5) is 0. The summed E-state index contributed by atoms with van der Waals surface area (Å²) in [7, 11) is 0. The van der Waals surface area contributed by atoms with E-state index in [1.165, 1.54) is 10.7 Å². The number of aryl methyl sites for hydroxylation is 1. The summed E-state index contributed by atoms with van der Waals surface area (Å²) in [6, 6.07) is 12.0. The molecule has 0 fully saturated rings. The fourth-order valence-corrected chi connectivity index (χ4v) is 1.99.